The van der Waals surface area contributed by atoms with E-state index in [9.17, 15) is 0 Å². The largest absolute Gasteiger partial charge is 0.387 e. The minimum atomic E-state index is 0.220. The number of hydrogen-bond donors (Lipinski definition) is 3. The first-order valence-corrected chi connectivity index (χ1v) is 4.12. The van der Waals surface area contributed by atoms with Gasteiger partial charge in [0.1, 0.15) is 0 Å². The Morgan fingerprint density at radius 1 is 1.75 bits per heavy atom. The van der Waals surface area contributed by atoms with E-state index in [1.807, 2.05) is 6.20 Å². The number of aromatic nitrogens is 2. The molecule has 4 heteroatoms. The molecule has 0 unspecified atom stereocenters. The van der Waals surface area contributed by atoms with Gasteiger partial charge in [0.05, 0.1) is 12.0 Å². The molecule has 0 fully saturated rings. The molecule has 2 rings (SSSR count). The maximum Gasteiger partial charge on any atom is 0.0941 e. The molecule has 4 nitrogen and oxygen atoms in total. The first kappa shape index (κ1) is 7.34. The van der Waals surface area contributed by atoms with E-state index in [2.05, 4.69) is 10.2 Å². The van der Waals surface area contributed by atoms with Crippen LogP contribution in [0.2, 0.25) is 0 Å². The van der Waals surface area contributed by atoms with Crippen LogP contribution in [0.15, 0.2) is 6.20 Å². The molecule has 1 heterocycles. The molecule has 0 amide bonds. The van der Waals surface area contributed by atoms with Gasteiger partial charge in [-0.2, -0.15) is 5.10 Å². The maximum absolute atomic E-state index is 7.33. The van der Waals surface area contributed by atoms with Crippen LogP contribution in [0.1, 0.15) is 17.7 Å². The van der Waals surface area contributed by atoms with E-state index in [0.717, 1.165) is 25.0 Å². The van der Waals surface area contributed by atoms with Crippen molar-refractivity contribution in [2.45, 2.75) is 19.3 Å². The van der Waals surface area contributed by atoms with Gasteiger partial charge in [-0.15, -0.1) is 0 Å². The molecule has 1 aromatic rings. The highest BCUT2D eigenvalue weighted by molar-refractivity contribution is 5.80. The van der Waals surface area contributed by atoms with Gasteiger partial charge in [-0.1, -0.05) is 0 Å². The van der Waals surface area contributed by atoms with Gasteiger partial charge in [0.2, 0.25) is 0 Å². The van der Waals surface area contributed by atoms with Crippen molar-refractivity contribution in [2.75, 3.05) is 0 Å². The van der Waals surface area contributed by atoms with E-state index in [1.54, 1.807) is 0 Å². The second-order valence-corrected chi connectivity index (χ2v) is 3.27. The van der Waals surface area contributed by atoms with Gasteiger partial charge >= 0.3 is 0 Å². The number of amidine groups is 1. The highest BCUT2D eigenvalue weighted by atomic mass is 15.1. The lowest BCUT2D eigenvalue weighted by Crippen LogP contribution is -2.27. The lowest BCUT2D eigenvalue weighted by molar-refractivity contribution is 0.569. The number of fused-ring (bicyclic) bond motifs is 1. The van der Waals surface area contributed by atoms with E-state index in [4.69, 9.17) is 11.1 Å². The molecule has 12 heavy (non-hydrogen) atoms. The molecule has 1 aliphatic carbocycles. The fraction of sp³-hybridized carbons (Fsp3) is 0.500. The molecule has 4 N–H and O–H groups in total. The van der Waals surface area contributed by atoms with Crippen molar-refractivity contribution in [2.24, 2.45) is 11.7 Å². The normalized spacial score (nSPS) is 21.8. The van der Waals surface area contributed by atoms with E-state index in [0.29, 0.717) is 5.84 Å². The van der Waals surface area contributed by atoms with Crippen molar-refractivity contribution in [3.8, 4) is 0 Å². The Morgan fingerprint density at radius 2 is 2.58 bits per heavy atom. The summed E-state index contributed by atoms with van der Waals surface area (Å²) in [4.78, 5) is 0. The molecular formula is C8H12N4. The topological polar surface area (TPSA) is 78.6 Å². The van der Waals surface area contributed by atoms with E-state index in [1.165, 1.54) is 5.56 Å². The number of nitrogens with zero attached hydrogens (tertiary/aromatic N) is 1. The summed E-state index contributed by atoms with van der Waals surface area (Å²) >= 11 is 0. The van der Waals surface area contributed by atoms with Gasteiger partial charge in [0, 0.05) is 11.6 Å². The Balaban J connectivity index is 2.20. The van der Waals surface area contributed by atoms with Gasteiger partial charge in [0.25, 0.3) is 0 Å². The summed E-state index contributed by atoms with van der Waals surface area (Å²) in [7, 11) is 0. The minimum absolute atomic E-state index is 0.220. The summed E-state index contributed by atoms with van der Waals surface area (Å²) in [5.41, 5.74) is 7.88. The summed E-state index contributed by atoms with van der Waals surface area (Å²) in [5.74, 6) is 0.521. The van der Waals surface area contributed by atoms with Gasteiger partial charge in [-0.3, -0.25) is 10.5 Å². The average molecular weight is 164 g/mol. The number of H-pyrrole nitrogens is 1. The number of aryl methyl sites for hydroxylation is 1. The molecule has 1 aromatic heterocycles. The number of aromatic amines is 1. The van der Waals surface area contributed by atoms with Gasteiger partial charge < -0.3 is 5.73 Å². The first-order chi connectivity index (χ1) is 5.77. The van der Waals surface area contributed by atoms with E-state index >= 15 is 0 Å². The fourth-order valence-electron chi connectivity index (χ4n) is 1.67. The molecule has 0 aliphatic heterocycles. The molecule has 1 atom stereocenters. The van der Waals surface area contributed by atoms with Crippen LogP contribution in [0.4, 0.5) is 0 Å². The fourth-order valence-corrected chi connectivity index (χ4v) is 1.67. The zero-order valence-corrected chi connectivity index (χ0v) is 6.80. The quantitative estimate of drug-likeness (QED) is 0.416. The smallest absolute Gasteiger partial charge is 0.0941 e. The molecule has 0 aromatic carbocycles. The summed E-state index contributed by atoms with van der Waals surface area (Å²) < 4.78 is 0. The van der Waals surface area contributed by atoms with Crippen LogP contribution in [0.5, 0.6) is 0 Å². The summed E-state index contributed by atoms with van der Waals surface area (Å²) in [6.07, 6.45) is 4.70. The van der Waals surface area contributed by atoms with Gasteiger partial charge in [-0.25, -0.2) is 0 Å². The van der Waals surface area contributed by atoms with Crippen molar-refractivity contribution < 1.29 is 0 Å². The lowest BCUT2D eigenvalue weighted by atomic mass is 9.87. The van der Waals surface area contributed by atoms with Crippen molar-refractivity contribution in [1.82, 2.24) is 10.2 Å². The summed E-state index contributed by atoms with van der Waals surface area (Å²) in [6, 6.07) is 0. The minimum Gasteiger partial charge on any atom is -0.387 e. The van der Waals surface area contributed by atoms with Crippen molar-refractivity contribution in [1.29, 1.82) is 5.41 Å². The molecule has 0 saturated carbocycles. The van der Waals surface area contributed by atoms with Gasteiger partial charge in [-0.05, 0) is 24.8 Å². The van der Waals surface area contributed by atoms with Crippen molar-refractivity contribution in [3.63, 3.8) is 0 Å². The molecule has 0 spiro atoms. The van der Waals surface area contributed by atoms with Crippen molar-refractivity contribution in [3.05, 3.63) is 17.5 Å². The zero-order chi connectivity index (χ0) is 8.55. The maximum atomic E-state index is 7.33. The predicted octanol–water partition coefficient (Wildman–Crippen LogP) is 0.451. The highest BCUT2D eigenvalue weighted by Gasteiger charge is 2.21. The molecule has 1 aliphatic rings. The number of nitrogens with one attached hydrogen (secondary N) is 2. The molecule has 0 bridgehead atoms. The second kappa shape index (κ2) is 2.62. The number of nitrogens with two attached hydrogens (primary N) is 1. The third kappa shape index (κ3) is 1.09. The Morgan fingerprint density at radius 3 is 3.33 bits per heavy atom. The molecule has 0 radical (unpaired) electrons. The SMILES string of the molecule is N=C(N)[C@H]1CCc2cn[nH]c2C1. The van der Waals surface area contributed by atoms with Crippen LogP contribution in [0.25, 0.3) is 0 Å². The molecule has 0 saturated heterocycles. The van der Waals surface area contributed by atoms with E-state index in [-0.39, 0.29) is 5.92 Å². The average Bonchev–Trinajstić information content (AvgIpc) is 2.49. The molecular weight excluding hydrogens is 152 g/mol. The third-order valence-corrected chi connectivity index (χ3v) is 2.46. The van der Waals surface area contributed by atoms with Crippen LogP contribution in [0, 0.1) is 11.3 Å². The van der Waals surface area contributed by atoms with Crippen LogP contribution < -0.4 is 5.73 Å². The summed E-state index contributed by atoms with van der Waals surface area (Å²) in [6.45, 7) is 0. The van der Waals surface area contributed by atoms with Gasteiger partial charge in [0.15, 0.2) is 0 Å². The van der Waals surface area contributed by atoms with Crippen LogP contribution in [0.3, 0.4) is 0 Å². The Hall–Kier alpha value is -1.32. The standard InChI is InChI=1S/C8H12N4/c9-8(10)5-1-2-6-4-11-12-7(6)3-5/h4-5H,1-3H2,(H3,9,10)(H,11,12)/t5-/m0/s1. The molecule has 64 valence electrons. The Labute approximate surface area is 70.7 Å². The lowest BCUT2D eigenvalue weighted by Gasteiger charge is -2.19. The third-order valence-electron chi connectivity index (χ3n) is 2.46. The van der Waals surface area contributed by atoms with Crippen LogP contribution >= 0.6 is 0 Å². The predicted molar refractivity (Wildman–Crippen MR) is 46.0 cm³/mol. The second-order valence-electron chi connectivity index (χ2n) is 3.27. The number of rotatable bonds is 1. The van der Waals surface area contributed by atoms with Crippen LogP contribution in [-0.2, 0) is 12.8 Å². The zero-order valence-electron chi connectivity index (χ0n) is 6.80. The Kier molecular flexibility index (Phi) is 1.60. The van der Waals surface area contributed by atoms with E-state index < -0.39 is 0 Å². The number of hydrogen-bond acceptors (Lipinski definition) is 2. The monoisotopic (exact) mass is 164 g/mol. The first-order valence-electron chi connectivity index (χ1n) is 4.12. The highest BCUT2D eigenvalue weighted by Crippen LogP contribution is 2.22. The Bertz CT molecular complexity index is 302. The van der Waals surface area contributed by atoms with Crippen LogP contribution in [-0.4, -0.2) is 16.0 Å². The summed E-state index contributed by atoms with van der Waals surface area (Å²) in [5, 5.41) is 14.2. The van der Waals surface area contributed by atoms with Crippen molar-refractivity contribution >= 4 is 5.84 Å².